The van der Waals surface area contributed by atoms with Crippen molar-refractivity contribution in [2.75, 3.05) is 0 Å². The van der Waals surface area contributed by atoms with Crippen LogP contribution < -0.4 is 5.73 Å². The standard InChI is InChI=1S/C17H21NO/c18-15-8-4-10-17(19,12-15)11-14-7-3-6-13-5-1-2-9-16(13)14/h1-3,5-7,9,15,19H,4,8,10-12,18H2. The van der Waals surface area contributed by atoms with Crippen LogP contribution in [-0.2, 0) is 6.42 Å². The van der Waals surface area contributed by atoms with E-state index in [9.17, 15) is 5.11 Å². The lowest BCUT2D eigenvalue weighted by Gasteiger charge is -2.35. The van der Waals surface area contributed by atoms with Crippen LogP contribution in [0.25, 0.3) is 10.8 Å². The normalized spacial score (nSPS) is 27.6. The van der Waals surface area contributed by atoms with Crippen molar-refractivity contribution in [3.8, 4) is 0 Å². The molecule has 0 radical (unpaired) electrons. The number of hydrogen-bond donors (Lipinski definition) is 2. The molecule has 2 nitrogen and oxygen atoms in total. The number of aliphatic hydroxyl groups is 1. The predicted octanol–water partition coefficient (Wildman–Crippen LogP) is 3.01. The molecule has 2 heteroatoms. The molecule has 0 aliphatic heterocycles. The molecule has 0 heterocycles. The van der Waals surface area contributed by atoms with Gasteiger partial charge >= 0.3 is 0 Å². The number of rotatable bonds is 2. The summed E-state index contributed by atoms with van der Waals surface area (Å²) < 4.78 is 0. The van der Waals surface area contributed by atoms with Gasteiger partial charge in [0.25, 0.3) is 0 Å². The Morgan fingerprint density at radius 3 is 2.79 bits per heavy atom. The fraction of sp³-hybridized carbons (Fsp3) is 0.412. The molecular formula is C17H21NO. The van der Waals surface area contributed by atoms with E-state index >= 15 is 0 Å². The summed E-state index contributed by atoms with van der Waals surface area (Å²) in [5.74, 6) is 0. The summed E-state index contributed by atoms with van der Waals surface area (Å²) in [5, 5.41) is 13.3. The van der Waals surface area contributed by atoms with E-state index in [0.717, 1.165) is 25.7 Å². The van der Waals surface area contributed by atoms with Gasteiger partial charge in [0.05, 0.1) is 5.60 Å². The monoisotopic (exact) mass is 255 g/mol. The highest BCUT2D eigenvalue weighted by Gasteiger charge is 2.33. The topological polar surface area (TPSA) is 46.2 Å². The number of hydrogen-bond acceptors (Lipinski definition) is 2. The van der Waals surface area contributed by atoms with Gasteiger partial charge in [-0.1, -0.05) is 42.5 Å². The van der Waals surface area contributed by atoms with Crippen LogP contribution in [0.2, 0.25) is 0 Å². The van der Waals surface area contributed by atoms with Crippen molar-refractivity contribution in [1.29, 1.82) is 0 Å². The first-order chi connectivity index (χ1) is 9.16. The average molecular weight is 255 g/mol. The SMILES string of the molecule is NC1CCCC(O)(Cc2cccc3ccccc23)C1. The molecule has 1 aliphatic rings. The van der Waals surface area contributed by atoms with Crippen LogP contribution >= 0.6 is 0 Å². The predicted molar refractivity (Wildman–Crippen MR) is 79.0 cm³/mol. The van der Waals surface area contributed by atoms with Gasteiger partial charge < -0.3 is 10.8 Å². The van der Waals surface area contributed by atoms with Crippen molar-refractivity contribution < 1.29 is 5.11 Å². The van der Waals surface area contributed by atoms with Gasteiger partial charge in [-0.2, -0.15) is 0 Å². The van der Waals surface area contributed by atoms with Gasteiger partial charge in [-0.3, -0.25) is 0 Å². The Morgan fingerprint density at radius 1 is 1.16 bits per heavy atom. The minimum absolute atomic E-state index is 0.147. The fourth-order valence-corrected chi connectivity index (χ4v) is 3.35. The average Bonchev–Trinajstić information content (AvgIpc) is 2.38. The molecule has 1 aliphatic carbocycles. The Balaban J connectivity index is 1.92. The first kappa shape index (κ1) is 12.6. The Kier molecular flexibility index (Phi) is 3.29. The minimum Gasteiger partial charge on any atom is -0.389 e. The molecule has 3 N–H and O–H groups in total. The Bertz CT molecular complexity index is 575. The molecule has 2 unspecified atom stereocenters. The molecule has 0 saturated heterocycles. The third-order valence-electron chi connectivity index (χ3n) is 4.26. The lowest BCUT2D eigenvalue weighted by atomic mass is 9.78. The molecule has 0 amide bonds. The van der Waals surface area contributed by atoms with Crippen LogP contribution in [0.3, 0.4) is 0 Å². The Labute approximate surface area is 114 Å². The highest BCUT2D eigenvalue weighted by atomic mass is 16.3. The highest BCUT2D eigenvalue weighted by Crippen LogP contribution is 2.32. The van der Waals surface area contributed by atoms with Gasteiger partial charge in [0.1, 0.15) is 0 Å². The summed E-state index contributed by atoms with van der Waals surface area (Å²) in [4.78, 5) is 0. The van der Waals surface area contributed by atoms with E-state index in [1.165, 1.54) is 16.3 Å². The summed E-state index contributed by atoms with van der Waals surface area (Å²) in [5.41, 5.74) is 6.62. The third-order valence-corrected chi connectivity index (χ3v) is 4.26. The maximum absolute atomic E-state index is 10.8. The summed E-state index contributed by atoms with van der Waals surface area (Å²) >= 11 is 0. The van der Waals surface area contributed by atoms with Crippen molar-refractivity contribution in [3.63, 3.8) is 0 Å². The number of fused-ring (bicyclic) bond motifs is 1. The molecule has 1 saturated carbocycles. The van der Waals surface area contributed by atoms with Crippen LogP contribution in [0.15, 0.2) is 42.5 Å². The molecule has 0 spiro atoms. The van der Waals surface area contributed by atoms with Gasteiger partial charge in [-0.05, 0) is 42.0 Å². The second kappa shape index (κ2) is 4.95. The van der Waals surface area contributed by atoms with Crippen LogP contribution in [0.5, 0.6) is 0 Å². The maximum Gasteiger partial charge on any atom is 0.0702 e. The second-order valence-electron chi connectivity index (χ2n) is 5.90. The van der Waals surface area contributed by atoms with Crippen molar-refractivity contribution in [2.45, 2.75) is 43.7 Å². The largest absolute Gasteiger partial charge is 0.389 e. The van der Waals surface area contributed by atoms with E-state index < -0.39 is 5.60 Å². The molecule has 2 aromatic carbocycles. The quantitative estimate of drug-likeness (QED) is 0.866. The lowest BCUT2D eigenvalue weighted by Crippen LogP contribution is -2.42. The van der Waals surface area contributed by atoms with E-state index in [0.29, 0.717) is 6.42 Å². The molecule has 19 heavy (non-hydrogen) atoms. The molecule has 0 aromatic heterocycles. The van der Waals surface area contributed by atoms with E-state index in [1.807, 2.05) is 0 Å². The van der Waals surface area contributed by atoms with Crippen molar-refractivity contribution >= 4 is 10.8 Å². The summed E-state index contributed by atoms with van der Waals surface area (Å²) in [6.07, 6.45) is 4.36. The van der Waals surface area contributed by atoms with Gasteiger partial charge in [-0.15, -0.1) is 0 Å². The number of nitrogens with two attached hydrogens (primary N) is 1. The van der Waals surface area contributed by atoms with E-state index in [-0.39, 0.29) is 6.04 Å². The number of benzene rings is 2. The van der Waals surface area contributed by atoms with Crippen LogP contribution in [0, 0.1) is 0 Å². The van der Waals surface area contributed by atoms with E-state index in [4.69, 9.17) is 5.73 Å². The maximum atomic E-state index is 10.8. The zero-order chi connectivity index (χ0) is 13.3. The van der Waals surface area contributed by atoms with Crippen molar-refractivity contribution in [3.05, 3.63) is 48.0 Å². The molecule has 1 fully saturated rings. The molecule has 100 valence electrons. The first-order valence-corrected chi connectivity index (χ1v) is 7.11. The second-order valence-corrected chi connectivity index (χ2v) is 5.90. The summed E-state index contributed by atoms with van der Waals surface area (Å²) in [6.45, 7) is 0. The van der Waals surface area contributed by atoms with Gasteiger partial charge in [0, 0.05) is 12.5 Å². The van der Waals surface area contributed by atoms with Gasteiger partial charge in [-0.25, -0.2) is 0 Å². The highest BCUT2D eigenvalue weighted by molar-refractivity contribution is 5.85. The van der Waals surface area contributed by atoms with Crippen LogP contribution in [0.1, 0.15) is 31.2 Å². The molecular weight excluding hydrogens is 234 g/mol. The fourth-order valence-electron chi connectivity index (χ4n) is 3.35. The van der Waals surface area contributed by atoms with Crippen molar-refractivity contribution in [2.24, 2.45) is 5.73 Å². The Hall–Kier alpha value is -1.38. The Morgan fingerprint density at radius 2 is 1.95 bits per heavy atom. The lowest BCUT2D eigenvalue weighted by molar-refractivity contribution is -0.00163. The summed E-state index contributed by atoms with van der Waals surface area (Å²) in [7, 11) is 0. The third kappa shape index (κ3) is 2.65. The first-order valence-electron chi connectivity index (χ1n) is 7.11. The van der Waals surface area contributed by atoms with Gasteiger partial charge in [0.2, 0.25) is 0 Å². The van der Waals surface area contributed by atoms with Crippen LogP contribution in [0.4, 0.5) is 0 Å². The zero-order valence-electron chi connectivity index (χ0n) is 11.2. The van der Waals surface area contributed by atoms with E-state index in [1.54, 1.807) is 0 Å². The minimum atomic E-state index is -0.623. The van der Waals surface area contributed by atoms with Gasteiger partial charge in [0.15, 0.2) is 0 Å². The van der Waals surface area contributed by atoms with Crippen LogP contribution in [-0.4, -0.2) is 16.7 Å². The van der Waals surface area contributed by atoms with Crippen molar-refractivity contribution in [1.82, 2.24) is 0 Å². The van der Waals surface area contributed by atoms with E-state index in [2.05, 4.69) is 42.5 Å². The molecule has 0 bridgehead atoms. The smallest absolute Gasteiger partial charge is 0.0702 e. The molecule has 2 atom stereocenters. The molecule has 3 rings (SSSR count). The zero-order valence-corrected chi connectivity index (χ0v) is 11.2. The molecule has 2 aromatic rings. The summed E-state index contributed by atoms with van der Waals surface area (Å²) in [6, 6.07) is 14.8.